The molecule has 2 N–H and O–H groups in total. The van der Waals surface area contributed by atoms with Crippen molar-refractivity contribution in [2.45, 2.75) is 26.3 Å². The average Bonchev–Trinajstić information content (AvgIpc) is 2.48. The number of benzene rings is 1. The van der Waals surface area contributed by atoms with E-state index < -0.39 is 5.82 Å². The molecule has 2 aromatic rings. The van der Waals surface area contributed by atoms with E-state index in [1.807, 2.05) is 38.1 Å². The molecule has 0 spiro atoms. The lowest BCUT2D eigenvalue weighted by Crippen LogP contribution is -2.12. The van der Waals surface area contributed by atoms with E-state index in [1.54, 1.807) is 0 Å². The zero-order valence-electron chi connectivity index (χ0n) is 12.0. The number of halogens is 2. The van der Waals surface area contributed by atoms with Crippen LogP contribution in [-0.2, 0) is 0 Å². The van der Waals surface area contributed by atoms with Gasteiger partial charge < -0.3 is 10.6 Å². The van der Waals surface area contributed by atoms with Crippen LogP contribution in [0.5, 0.6) is 0 Å². The Morgan fingerprint density at radius 2 is 2.19 bits per heavy atom. The number of rotatable bonds is 6. The predicted octanol–water partition coefficient (Wildman–Crippen LogP) is 4.37. The van der Waals surface area contributed by atoms with Gasteiger partial charge in [-0.15, -0.1) is 0 Å². The third kappa shape index (κ3) is 4.39. The highest BCUT2D eigenvalue weighted by molar-refractivity contribution is 9.10. The minimum absolute atomic E-state index is 0.0640. The Morgan fingerprint density at radius 1 is 1.38 bits per heavy atom. The van der Waals surface area contributed by atoms with E-state index in [0.29, 0.717) is 5.95 Å². The van der Waals surface area contributed by atoms with Crippen LogP contribution < -0.4 is 10.6 Å². The number of anilines is 2. The van der Waals surface area contributed by atoms with E-state index in [4.69, 9.17) is 0 Å². The van der Waals surface area contributed by atoms with E-state index in [0.717, 1.165) is 23.0 Å². The molecule has 21 heavy (non-hydrogen) atoms. The van der Waals surface area contributed by atoms with E-state index in [1.165, 1.54) is 6.20 Å². The molecular formula is C15H18BrFN4. The molecule has 6 heteroatoms. The van der Waals surface area contributed by atoms with Gasteiger partial charge in [0, 0.05) is 11.0 Å². The normalized spacial score (nSPS) is 12.0. The second-order valence-corrected chi connectivity index (χ2v) is 5.65. The van der Waals surface area contributed by atoms with Crippen LogP contribution in [0.3, 0.4) is 0 Å². The van der Waals surface area contributed by atoms with Crippen LogP contribution >= 0.6 is 15.9 Å². The zero-order valence-corrected chi connectivity index (χ0v) is 13.6. The molecule has 0 aliphatic heterocycles. The quantitative estimate of drug-likeness (QED) is 0.810. The second-order valence-electron chi connectivity index (χ2n) is 4.74. The molecule has 0 bridgehead atoms. The van der Waals surface area contributed by atoms with Crippen LogP contribution in [0.4, 0.5) is 16.2 Å². The molecule has 0 saturated heterocycles. The molecule has 1 aromatic heterocycles. The lowest BCUT2D eigenvalue weighted by molar-refractivity contribution is 0.614. The van der Waals surface area contributed by atoms with E-state index in [9.17, 15) is 4.39 Å². The Balaban J connectivity index is 2.14. The van der Waals surface area contributed by atoms with Crippen LogP contribution in [0.25, 0.3) is 0 Å². The molecule has 1 heterocycles. The van der Waals surface area contributed by atoms with Crippen LogP contribution in [0.2, 0.25) is 0 Å². The SMILES string of the molecule is CCCNc1ncc(F)c(NC(C)c2cccc(Br)c2)n1. The molecule has 1 atom stereocenters. The van der Waals surface area contributed by atoms with Gasteiger partial charge in [-0.05, 0) is 31.0 Å². The molecule has 1 aromatic carbocycles. The minimum Gasteiger partial charge on any atom is -0.361 e. The van der Waals surface area contributed by atoms with Gasteiger partial charge in [0.2, 0.25) is 5.95 Å². The molecule has 4 nitrogen and oxygen atoms in total. The van der Waals surface area contributed by atoms with E-state index in [-0.39, 0.29) is 11.9 Å². The number of hydrogen-bond acceptors (Lipinski definition) is 4. The molecule has 2 rings (SSSR count). The lowest BCUT2D eigenvalue weighted by atomic mass is 10.1. The van der Waals surface area contributed by atoms with Crippen LogP contribution in [0.15, 0.2) is 34.9 Å². The Morgan fingerprint density at radius 3 is 2.90 bits per heavy atom. The minimum atomic E-state index is -0.459. The molecule has 112 valence electrons. The summed E-state index contributed by atoms with van der Waals surface area (Å²) in [7, 11) is 0. The van der Waals surface area contributed by atoms with Crippen molar-refractivity contribution >= 4 is 27.7 Å². The lowest BCUT2D eigenvalue weighted by Gasteiger charge is -2.16. The summed E-state index contributed by atoms with van der Waals surface area (Å²) in [4.78, 5) is 8.10. The van der Waals surface area contributed by atoms with Crippen LogP contribution in [0.1, 0.15) is 31.9 Å². The maximum atomic E-state index is 13.8. The average molecular weight is 353 g/mol. The topological polar surface area (TPSA) is 49.8 Å². The second kappa shape index (κ2) is 7.36. The van der Waals surface area contributed by atoms with Gasteiger partial charge in [-0.25, -0.2) is 9.37 Å². The summed E-state index contributed by atoms with van der Waals surface area (Å²) < 4.78 is 14.8. The molecule has 0 saturated carbocycles. The number of nitrogens with one attached hydrogen (secondary N) is 2. The molecule has 0 aliphatic carbocycles. The van der Waals surface area contributed by atoms with Crippen LogP contribution in [0, 0.1) is 5.82 Å². The van der Waals surface area contributed by atoms with Crippen molar-refractivity contribution in [3.63, 3.8) is 0 Å². The zero-order chi connectivity index (χ0) is 15.2. The van der Waals surface area contributed by atoms with Gasteiger partial charge >= 0.3 is 0 Å². The summed E-state index contributed by atoms with van der Waals surface area (Å²) in [5.74, 6) is 0.178. The van der Waals surface area contributed by atoms with Gasteiger partial charge in [0.25, 0.3) is 0 Å². The Kier molecular flexibility index (Phi) is 5.50. The van der Waals surface area contributed by atoms with Crippen molar-refractivity contribution in [2.75, 3.05) is 17.2 Å². The summed E-state index contributed by atoms with van der Waals surface area (Å²) in [5, 5.41) is 6.13. The maximum Gasteiger partial charge on any atom is 0.224 e. The van der Waals surface area contributed by atoms with Gasteiger partial charge in [-0.1, -0.05) is 35.0 Å². The first-order chi connectivity index (χ1) is 10.1. The molecule has 1 unspecified atom stereocenters. The van der Waals surface area contributed by atoms with Crippen molar-refractivity contribution in [3.8, 4) is 0 Å². The van der Waals surface area contributed by atoms with Gasteiger partial charge in [-0.3, -0.25) is 0 Å². The highest BCUT2D eigenvalue weighted by Gasteiger charge is 2.11. The van der Waals surface area contributed by atoms with E-state index in [2.05, 4.69) is 36.5 Å². The predicted molar refractivity (Wildman–Crippen MR) is 87.0 cm³/mol. The molecule has 0 amide bonds. The first-order valence-electron chi connectivity index (χ1n) is 6.88. The summed E-state index contributed by atoms with van der Waals surface area (Å²) >= 11 is 3.43. The number of nitrogens with zero attached hydrogens (tertiary/aromatic N) is 2. The van der Waals surface area contributed by atoms with Crippen LogP contribution in [-0.4, -0.2) is 16.5 Å². The largest absolute Gasteiger partial charge is 0.361 e. The monoisotopic (exact) mass is 352 g/mol. The standard InChI is InChI=1S/C15H18BrFN4/c1-3-7-18-15-19-9-13(17)14(21-15)20-10(2)11-5-4-6-12(16)8-11/h4-6,8-10H,3,7H2,1-2H3,(H2,18,19,20,21). The maximum absolute atomic E-state index is 13.8. The van der Waals surface area contributed by atoms with Crippen molar-refractivity contribution in [1.82, 2.24) is 9.97 Å². The van der Waals surface area contributed by atoms with E-state index >= 15 is 0 Å². The number of aromatic nitrogens is 2. The fraction of sp³-hybridized carbons (Fsp3) is 0.333. The van der Waals surface area contributed by atoms with Crippen molar-refractivity contribution in [2.24, 2.45) is 0 Å². The van der Waals surface area contributed by atoms with Crippen molar-refractivity contribution < 1.29 is 4.39 Å². The number of hydrogen-bond donors (Lipinski definition) is 2. The Labute approximate surface area is 132 Å². The summed E-state index contributed by atoms with van der Waals surface area (Å²) in [5.41, 5.74) is 1.05. The summed E-state index contributed by atoms with van der Waals surface area (Å²) in [6.07, 6.45) is 2.14. The molecule has 0 fully saturated rings. The Hall–Kier alpha value is -1.69. The first-order valence-corrected chi connectivity index (χ1v) is 7.68. The highest BCUT2D eigenvalue weighted by Crippen LogP contribution is 2.22. The van der Waals surface area contributed by atoms with Gasteiger partial charge in [0.05, 0.1) is 12.2 Å². The fourth-order valence-electron chi connectivity index (χ4n) is 1.85. The summed E-state index contributed by atoms with van der Waals surface area (Å²) in [6, 6.07) is 7.81. The van der Waals surface area contributed by atoms with Crippen molar-refractivity contribution in [3.05, 3.63) is 46.3 Å². The highest BCUT2D eigenvalue weighted by atomic mass is 79.9. The molecule has 0 radical (unpaired) electrons. The van der Waals surface area contributed by atoms with Gasteiger partial charge in [0.15, 0.2) is 11.6 Å². The van der Waals surface area contributed by atoms with Gasteiger partial charge in [0.1, 0.15) is 0 Å². The smallest absolute Gasteiger partial charge is 0.224 e. The third-order valence-electron chi connectivity index (χ3n) is 2.98. The third-order valence-corrected chi connectivity index (χ3v) is 3.47. The molecule has 0 aliphatic rings. The van der Waals surface area contributed by atoms with Crippen molar-refractivity contribution in [1.29, 1.82) is 0 Å². The molecular weight excluding hydrogens is 335 g/mol. The Bertz CT molecular complexity index is 606. The summed E-state index contributed by atoms with van der Waals surface area (Å²) in [6.45, 7) is 4.76. The fourth-order valence-corrected chi connectivity index (χ4v) is 2.27. The van der Waals surface area contributed by atoms with Gasteiger partial charge in [-0.2, -0.15) is 4.98 Å². The first kappa shape index (κ1) is 15.7.